The molecule has 0 aliphatic heterocycles. The van der Waals surface area contributed by atoms with Crippen LogP contribution in [0.15, 0.2) is 30.3 Å². The highest BCUT2D eigenvalue weighted by atomic mass is 16.5. The van der Waals surface area contributed by atoms with E-state index in [9.17, 15) is 0 Å². The number of hydrogen-bond acceptors (Lipinski definition) is 1. The van der Waals surface area contributed by atoms with Crippen LogP contribution in [0.3, 0.4) is 0 Å². The summed E-state index contributed by atoms with van der Waals surface area (Å²) >= 11 is 0. The Morgan fingerprint density at radius 2 is 1.70 bits per heavy atom. The standard InChI is InChI=1S/C9H12O/c1-8(2)10-9-6-4-3-5-7-9/h3-8H,1-2H3. The molecule has 0 heterocycles. The monoisotopic (exact) mass is 136 g/mol. The minimum Gasteiger partial charge on any atom is -0.491 e. The second kappa shape index (κ2) is 3.25. The summed E-state index contributed by atoms with van der Waals surface area (Å²) in [5.41, 5.74) is 0. The summed E-state index contributed by atoms with van der Waals surface area (Å²) in [7, 11) is 0. The Kier molecular flexibility index (Phi) is 2.32. The van der Waals surface area contributed by atoms with Crippen molar-refractivity contribution in [2.75, 3.05) is 0 Å². The van der Waals surface area contributed by atoms with Gasteiger partial charge in [-0.2, -0.15) is 0 Å². The van der Waals surface area contributed by atoms with Crippen molar-refractivity contribution < 1.29 is 4.74 Å². The van der Waals surface area contributed by atoms with Gasteiger partial charge in [-0.05, 0) is 26.0 Å². The largest absolute Gasteiger partial charge is 0.491 e. The molecular formula is C9H12O. The van der Waals surface area contributed by atoms with Gasteiger partial charge in [0.2, 0.25) is 0 Å². The van der Waals surface area contributed by atoms with E-state index in [1.54, 1.807) is 0 Å². The van der Waals surface area contributed by atoms with Crippen molar-refractivity contribution in [3.8, 4) is 5.75 Å². The quantitative estimate of drug-likeness (QED) is 0.607. The van der Waals surface area contributed by atoms with Crippen LogP contribution in [0, 0.1) is 0 Å². The van der Waals surface area contributed by atoms with Crippen molar-refractivity contribution in [2.24, 2.45) is 0 Å². The van der Waals surface area contributed by atoms with Crippen LogP contribution in [0.1, 0.15) is 13.8 Å². The lowest BCUT2D eigenvalue weighted by atomic mass is 10.3. The highest BCUT2D eigenvalue weighted by molar-refractivity contribution is 5.20. The number of rotatable bonds is 2. The Bertz CT molecular complexity index is 179. The number of ether oxygens (including phenoxy) is 1. The van der Waals surface area contributed by atoms with Gasteiger partial charge in [0.25, 0.3) is 0 Å². The number of benzene rings is 1. The van der Waals surface area contributed by atoms with E-state index in [1.807, 2.05) is 44.2 Å². The molecule has 0 radical (unpaired) electrons. The van der Waals surface area contributed by atoms with Crippen LogP contribution in [-0.2, 0) is 0 Å². The van der Waals surface area contributed by atoms with Gasteiger partial charge in [-0.25, -0.2) is 0 Å². The van der Waals surface area contributed by atoms with E-state index >= 15 is 0 Å². The molecule has 0 unspecified atom stereocenters. The normalized spacial score (nSPS) is 9.90. The highest BCUT2D eigenvalue weighted by Gasteiger charge is 1.92. The number of hydrogen-bond donors (Lipinski definition) is 0. The molecule has 0 aromatic heterocycles. The second-order valence-electron chi connectivity index (χ2n) is 2.48. The Morgan fingerprint density at radius 1 is 1.10 bits per heavy atom. The molecule has 0 aliphatic carbocycles. The van der Waals surface area contributed by atoms with Crippen molar-refractivity contribution in [3.05, 3.63) is 30.3 Å². The molecule has 1 nitrogen and oxygen atoms in total. The van der Waals surface area contributed by atoms with Crippen LogP contribution in [0.2, 0.25) is 0 Å². The van der Waals surface area contributed by atoms with Crippen molar-refractivity contribution in [2.45, 2.75) is 20.0 Å². The molecule has 0 spiro atoms. The topological polar surface area (TPSA) is 9.23 Å². The van der Waals surface area contributed by atoms with Gasteiger partial charge in [0.15, 0.2) is 0 Å². The lowest BCUT2D eigenvalue weighted by Crippen LogP contribution is -2.04. The molecule has 0 saturated heterocycles. The van der Waals surface area contributed by atoms with Crippen LogP contribution in [0.5, 0.6) is 5.75 Å². The summed E-state index contributed by atoms with van der Waals surface area (Å²) in [6.07, 6.45) is 0.266. The van der Waals surface area contributed by atoms with Gasteiger partial charge < -0.3 is 4.74 Å². The fourth-order valence-corrected chi connectivity index (χ4v) is 0.771. The molecule has 0 aliphatic rings. The first kappa shape index (κ1) is 7.13. The number of para-hydroxylation sites is 1. The lowest BCUT2D eigenvalue weighted by molar-refractivity contribution is 0.242. The van der Waals surface area contributed by atoms with Gasteiger partial charge in [0.05, 0.1) is 6.10 Å². The van der Waals surface area contributed by atoms with Crippen LogP contribution < -0.4 is 4.74 Å². The fourth-order valence-electron chi connectivity index (χ4n) is 0.771. The lowest BCUT2D eigenvalue weighted by Gasteiger charge is -2.07. The molecule has 0 N–H and O–H groups in total. The van der Waals surface area contributed by atoms with E-state index in [1.165, 1.54) is 0 Å². The highest BCUT2D eigenvalue weighted by Crippen LogP contribution is 2.09. The molecule has 0 atom stereocenters. The predicted octanol–water partition coefficient (Wildman–Crippen LogP) is 2.47. The molecule has 1 rings (SSSR count). The summed E-state index contributed by atoms with van der Waals surface area (Å²) < 4.78 is 5.41. The van der Waals surface area contributed by atoms with Crippen molar-refractivity contribution >= 4 is 0 Å². The Hall–Kier alpha value is -0.980. The first-order valence-electron chi connectivity index (χ1n) is 3.51. The van der Waals surface area contributed by atoms with E-state index in [4.69, 9.17) is 4.74 Å². The zero-order valence-electron chi connectivity index (χ0n) is 6.37. The van der Waals surface area contributed by atoms with E-state index < -0.39 is 0 Å². The summed E-state index contributed by atoms with van der Waals surface area (Å²) in [5, 5.41) is 0. The third kappa shape index (κ3) is 2.09. The summed E-state index contributed by atoms with van der Waals surface area (Å²) in [6.45, 7) is 4.04. The Balaban J connectivity index is 2.59. The summed E-state index contributed by atoms with van der Waals surface area (Å²) in [5.74, 6) is 0.942. The maximum absolute atomic E-state index is 5.41. The molecule has 0 fully saturated rings. The third-order valence-corrected chi connectivity index (χ3v) is 1.11. The molecule has 0 saturated carbocycles. The van der Waals surface area contributed by atoms with Crippen LogP contribution in [0.25, 0.3) is 0 Å². The molecular weight excluding hydrogens is 124 g/mol. The van der Waals surface area contributed by atoms with Crippen LogP contribution in [-0.4, -0.2) is 6.10 Å². The average Bonchev–Trinajstić information content (AvgIpc) is 1.88. The molecule has 1 aromatic rings. The van der Waals surface area contributed by atoms with Crippen LogP contribution in [0.4, 0.5) is 0 Å². The predicted molar refractivity (Wildman–Crippen MR) is 42.2 cm³/mol. The Labute approximate surface area is 61.6 Å². The van der Waals surface area contributed by atoms with Gasteiger partial charge in [-0.1, -0.05) is 18.2 Å². The van der Waals surface area contributed by atoms with Crippen molar-refractivity contribution in [1.29, 1.82) is 0 Å². The molecule has 54 valence electrons. The van der Waals surface area contributed by atoms with Crippen molar-refractivity contribution in [3.63, 3.8) is 0 Å². The molecule has 0 amide bonds. The van der Waals surface area contributed by atoms with Gasteiger partial charge in [-0.3, -0.25) is 0 Å². The molecule has 0 bridgehead atoms. The fraction of sp³-hybridized carbons (Fsp3) is 0.333. The van der Waals surface area contributed by atoms with E-state index in [-0.39, 0.29) is 6.10 Å². The first-order chi connectivity index (χ1) is 4.79. The summed E-state index contributed by atoms with van der Waals surface area (Å²) in [6, 6.07) is 9.84. The smallest absolute Gasteiger partial charge is 0.119 e. The average molecular weight is 136 g/mol. The maximum Gasteiger partial charge on any atom is 0.119 e. The third-order valence-electron chi connectivity index (χ3n) is 1.11. The zero-order valence-corrected chi connectivity index (χ0v) is 6.37. The van der Waals surface area contributed by atoms with Gasteiger partial charge in [0.1, 0.15) is 5.75 Å². The summed E-state index contributed by atoms with van der Waals surface area (Å²) in [4.78, 5) is 0. The van der Waals surface area contributed by atoms with E-state index in [0.717, 1.165) is 5.75 Å². The molecule has 10 heavy (non-hydrogen) atoms. The Morgan fingerprint density at radius 3 is 2.20 bits per heavy atom. The molecule has 1 heteroatoms. The van der Waals surface area contributed by atoms with Crippen molar-refractivity contribution in [1.82, 2.24) is 0 Å². The zero-order chi connectivity index (χ0) is 7.40. The van der Waals surface area contributed by atoms with E-state index in [2.05, 4.69) is 0 Å². The minimum absolute atomic E-state index is 0.266. The van der Waals surface area contributed by atoms with E-state index in [0.29, 0.717) is 0 Å². The van der Waals surface area contributed by atoms with Gasteiger partial charge >= 0.3 is 0 Å². The minimum atomic E-state index is 0.266. The van der Waals surface area contributed by atoms with Crippen LogP contribution >= 0.6 is 0 Å². The maximum atomic E-state index is 5.41. The van der Waals surface area contributed by atoms with Gasteiger partial charge in [0, 0.05) is 0 Å². The molecule has 1 aromatic carbocycles. The SMILES string of the molecule is CC(C)Oc1ccccc1. The second-order valence-corrected chi connectivity index (χ2v) is 2.48. The first-order valence-corrected chi connectivity index (χ1v) is 3.51. The van der Waals surface area contributed by atoms with Gasteiger partial charge in [-0.15, -0.1) is 0 Å².